The lowest BCUT2D eigenvalue weighted by molar-refractivity contribution is -0.305. The topological polar surface area (TPSA) is 152 Å². The fraction of sp³-hybridized carbons (Fsp3) is 0.733. The summed E-state index contributed by atoms with van der Waals surface area (Å²) in [4.78, 5) is 25.3. The standard InChI is InChI=1S/C45H76O10/c1-3-5-7-9-11-13-15-17-18-19-20-22-23-25-27-29-31-33-40(47)52-36-38(37-53-45-44(51)43(50)42(49)39(35-46)55-45)54-41(48)34-32-30-28-26-24-21-16-14-12-10-8-6-4-2/h6,8,10-14,16-18,38-39,42-46,49-51H,3-5,7,9,15,19-37H2,1-2H3/b8-6+,12-10+,13-11+,16-14+,18-17+/t38?,39-,42+,43?,44?,45-/m0/s1. The van der Waals surface area contributed by atoms with E-state index in [1.54, 1.807) is 0 Å². The van der Waals surface area contributed by atoms with Gasteiger partial charge in [-0.15, -0.1) is 0 Å². The Morgan fingerprint density at radius 1 is 0.600 bits per heavy atom. The van der Waals surface area contributed by atoms with E-state index in [-0.39, 0.29) is 26.1 Å². The molecule has 1 saturated heterocycles. The first-order valence-corrected chi connectivity index (χ1v) is 21.4. The minimum absolute atomic E-state index is 0.202. The summed E-state index contributed by atoms with van der Waals surface area (Å²) in [6, 6.07) is 0. The molecule has 10 heteroatoms. The van der Waals surface area contributed by atoms with E-state index < -0.39 is 55.4 Å². The number of hydrogen-bond acceptors (Lipinski definition) is 10. The number of allylic oxidation sites excluding steroid dienone is 10. The first-order chi connectivity index (χ1) is 26.8. The van der Waals surface area contributed by atoms with Crippen LogP contribution in [0.1, 0.15) is 155 Å². The Hall–Kier alpha value is -2.60. The molecule has 55 heavy (non-hydrogen) atoms. The van der Waals surface area contributed by atoms with Crippen LogP contribution in [-0.4, -0.2) is 89.0 Å². The van der Waals surface area contributed by atoms with Gasteiger partial charge in [-0.2, -0.15) is 0 Å². The highest BCUT2D eigenvalue weighted by Crippen LogP contribution is 2.22. The van der Waals surface area contributed by atoms with Crippen molar-refractivity contribution in [3.63, 3.8) is 0 Å². The molecule has 1 heterocycles. The molecule has 0 aliphatic carbocycles. The highest BCUT2D eigenvalue weighted by atomic mass is 16.7. The summed E-state index contributed by atoms with van der Waals surface area (Å²) in [7, 11) is 0. The second kappa shape index (κ2) is 35.8. The van der Waals surface area contributed by atoms with E-state index in [0.717, 1.165) is 70.6 Å². The average Bonchev–Trinajstić information content (AvgIpc) is 3.18. The van der Waals surface area contributed by atoms with Gasteiger partial charge in [0.2, 0.25) is 0 Å². The summed E-state index contributed by atoms with van der Waals surface area (Å²) in [5.41, 5.74) is 0. The highest BCUT2D eigenvalue weighted by molar-refractivity contribution is 5.70. The van der Waals surface area contributed by atoms with Gasteiger partial charge in [0.05, 0.1) is 13.2 Å². The largest absolute Gasteiger partial charge is 0.462 e. The summed E-state index contributed by atoms with van der Waals surface area (Å²) in [5, 5.41) is 40.0. The van der Waals surface area contributed by atoms with Crippen LogP contribution in [0.3, 0.4) is 0 Å². The zero-order valence-electron chi connectivity index (χ0n) is 34.2. The molecule has 1 aliphatic heterocycles. The van der Waals surface area contributed by atoms with E-state index in [9.17, 15) is 30.0 Å². The Kier molecular flexibility index (Phi) is 32.8. The van der Waals surface area contributed by atoms with Gasteiger partial charge in [-0.1, -0.05) is 139 Å². The molecule has 3 unspecified atom stereocenters. The maximum atomic E-state index is 12.7. The van der Waals surface area contributed by atoms with E-state index in [1.807, 2.05) is 18.2 Å². The molecule has 0 aromatic carbocycles. The Morgan fingerprint density at radius 2 is 1.15 bits per heavy atom. The number of ether oxygens (including phenoxy) is 4. The third-order valence-corrected chi connectivity index (χ3v) is 9.45. The summed E-state index contributed by atoms with van der Waals surface area (Å²) in [6.07, 6.45) is 35.1. The van der Waals surface area contributed by atoms with Crippen molar-refractivity contribution in [2.24, 2.45) is 0 Å². The van der Waals surface area contributed by atoms with Gasteiger partial charge in [-0.05, 0) is 64.2 Å². The van der Waals surface area contributed by atoms with Crippen LogP contribution in [0, 0.1) is 0 Å². The van der Waals surface area contributed by atoms with Crippen LogP contribution in [-0.2, 0) is 28.5 Å². The quantitative estimate of drug-likeness (QED) is 0.0216. The number of carbonyl (C=O) groups is 2. The van der Waals surface area contributed by atoms with Crippen LogP contribution in [0.15, 0.2) is 60.8 Å². The van der Waals surface area contributed by atoms with Crippen LogP contribution in [0.2, 0.25) is 0 Å². The molecule has 1 aliphatic rings. The van der Waals surface area contributed by atoms with Gasteiger partial charge in [0.15, 0.2) is 12.4 Å². The summed E-state index contributed by atoms with van der Waals surface area (Å²) in [5.74, 6) is -0.845. The SMILES string of the molecule is CC/C=C/C=C/C=C/CCCCCCCC(=O)OC(COC(=O)CCCCCCCCC/C=C/C/C=C/CCCCC)CO[C@H]1O[C@@H](CO)[C@@H](O)C(O)C1O. The van der Waals surface area contributed by atoms with E-state index in [0.29, 0.717) is 12.8 Å². The molecule has 0 aromatic heterocycles. The van der Waals surface area contributed by atoms with Crippen LogP contribution in [0.5, 0.6) is 0 Å². The Balaban J connectivity index is 2.36. The summed E-state index contributed by atoms with van der Waals surface area (Å²) >= 11 is 0. The van der Waals surface area contributed by atoms with Gasteiger partial charge in [0.25, 0.3) is 0 Å². The zero-order valence-corrected chi connectivity index (χ0v) is 34.2. The van der Waals surface area contributed by atoms with Crippen molar-refractivity contribution < 1.29 is 49.0 Å². The normalized spacial score (nSPS) is 21.2. The van der Waals surface area contributed by atoms with Crippen LogP contribution in [0.4, 0.5) is 0 Å². The van der Waals surface area contributed by atoms with Crippen LogP contribution < -0.4 is 0 Å². The predicted octanol–water partition coefficient (Wildman–Crippen LogP) is 8.66. The number of aliphatic hydroxyl groups is 4. The molecule has 0 aromatic rings. The van der Waals surface area contributed by atoms with E-state index >= 15 is 0 Å². The lowest BCUT2D eigenvalue weighted by Crippen LogP contribution is -2.59. The number of unbranched alkanes of at least 4 members (excludes halogenated alkanes) is 15. The fourth-order valence-electron chi connectivity index (χ4n) is 6.04. The minimum atomic E-state index is -1.60. The van der Waals surface area contributed by atoms with Crippen molar-refractivity contribution in [2.45, 2.75) is 192 Å². The van der Waals surface area contributed by atoms with Crippen molar-refractivity contribution in [1.82, 2.24) is 0 Å². The smallest absolute Gasteiger partial charge is 0.306 e. The van der Waals surface area contributed by atoms with Gasteiger partial charge in [0, 0.05) is 12.8 Å². The first-order valence-electron chi connectivity index (χ1n) is 21.4. The molecule has 1 rings (SSSR count). The van der Waals surface area contributed by atoms with Crippen molar-refractivity contribution in [1.29, 1.82) is 0 Å². The van der Waals surface area contributed by atoms with Crippen molar-refractivity contribution in [2.75, 3.05) is 19.8 Å². The number of hydrogen-bond donors (Lipinski definition) is 4. The van der Waals surface area contributed by atoms with E-state index in [1.165, 1.54) is 44.9 Å². The average molecular weight is 777 g/mol. The molecule has 0 spiro atoms. The maximum absolute atomic E-state index is 12.7. The van der Waals surface area contributed by atoms with Gasteiger partial charge >= 0.3 is 11.9 Å². The van der Waals surface area contributed by atoms with Crippen molar-refractivity contribution in [3.05, 3.63) is 60.8 Å². The Morgan fingerprint density at radius 3 is 1.75 bits per heavy atom. The number of esters is 2. The summed E-state index contributed by atoms with van der Waals surface area (Å²) in [6.45, 7) is 3.22. The Labute approximate surface area is 332 Å². The monoisotopic (exact) mass is 777 g/mol. The van der Waals surface area contributed by atoms with Gasteiger partial charge < -0.3 is 39.4 Å². The van der Waals surface area contributed by atoms with Gasteiger partial charge in [-0.25, -0.2) is 0 Å². The molecule has 0 amide bonds. The predicted molar refractivity (Wildman–Crippen MR) is 219 cm³/mol. The molecular formula is C45H76O10. The van der Waals surface area contributed by atoms with E-state index in [4.69, 9.17) is 18.9 Å². The lowest BCUT2D eigenvalue weighted by Gasteiger charge is -2.39. The molecular weight excluding hydrogens is 700 g/mol. The Bertz CT molecular complexity index is 1080. The van der Waals surface area contributed by atoms with Crippen molar-refractivity contribution in [3.8, 4) is 0 Å². The molecule has 4 N–H and O–H groups in total. The molecule has 0 bridgehead atoms. The second-order valence-electron chi connectivity index (χ2n) is 14.5. The maximum Gasteiger partial charge on any atom is 0.306 e. The van der Waals surface area contributed by atoms with Crippen LogP contribution in [0.25, 0.3) is 0 Å². The van der Waals surface area contributed by atoms with Crippen molar-refractivity contribution >= 4 is 11.9 Å². The third-order valence-electron chi connectivity index (χ3n) is 9.45. The zero-order chi connectivity index (χ0) is 40.2. The lowest BCUT2D eigenvalue weighted by atomic mass is 9.99. The van der Waals surface area contributed by atoms with E-state index in [2.05, 4.69) is 56.4 Å². The number of carbonyl (C=O) groups excluding carboxylic acids is 2. The molecule has 10 nitrogen and oxygen atoms in total. The fourth-order valence-corrected chi connectivity index (χ4v) is 6.04. The number of rotatable bonds is 34. The highest BCUT2D eigenvalue weighted by Gasteiger charge is 2.44. The van der Waals surface area contributed by atoms with Gasteiger partial charge in [0.1, 0.15) is 31.0 Å². The number of aliphatic hydroxyl groups excluding tert-OH is 4. The van der Waals surface area contributed by atoms with Gasteiger partial charge in [-0.3, -0.25) is 9.59 Å². The minimum Gasteiger partial charge on any atom is -0.462 e. The van der Waals surface area contributed by atoms with Crippen LogP contribution >= 0.6 is 0 Å². The second-order valence-corrected chi connectivity index (χ2v) is 14.5. The third kappa shape index (κ3) is 27.6. The molecule has 0 saturated carbocycles. The first kappa shape index (κ1) is 50.4. The summed E-state index contributed by atoms with van der Waals surface area (Å²) < 4.78 is 22.1. The molecule has 0 radical (unpaired) electrons. The molecule has 316 valence electrons. The molecule has 6 atom stereocenters. The molecule has 1 fully saturated rings.